The van der Waals surface area contributed by atoms with Crippen LogP contribution in [0.5, 0.6) is 0 Å². The van der Waals surface area contributed by atoms with Gasteiger partial charge in [-0.25, -0.2) is 4.39 Å². The molecule has 3 nitrogen and oxygen atoms in total. The molecule has 1 rings (SSSR count). The smallest absolute Gasteiger partial charge is 0.123 e. The van der Waals surface area contributed by atoms with Gasteiger partial charge in [0.2, 0.25) is 0 Å². The predicted octanol–water partition coefficient (Wildman–Crippen LogP) is 2.54. The van der Waals surface area contributed by atoms with Gasteiger partial charge in [0, 0.05) is 19.3 Å². The van der Waals surface area contributed by atoms with Crippen LogP contribution in [0.3, 0.4) is 0 Å². The highest BCUT2D eigenvalue weighted by Gasteiger charge is 2.20. The first kappa shape index (κ1) is 14.5. The van der Waals surface area contributed by atoms with E-state index in [4.69, 9.17) is 5.26 Å². The quantitative estimate of drug-likeness (QED) is 0.842. The number of hydrogen-bond acceptors (Lipinski definition) is 3. The second kappa shape index (κ2) is 6.36. The maximum Gasteiger partial charge on any atom is 0.123 e. The summed E-state index contributed by atoms with van der Waals surface area (Å²) in [6.07, 6.45) is 1.68. The fraction of sp³-hybridized carbons (Fsp3) is 0.500. The highest BCUT2D eigenvalue weighted by molar-refractivity contribution is 5.45. The molecule has 1 unspecified atom stereocenters. The largest absolute Gasteiger partial charge is 0.375 e. The van der Waals surface area contributed by atoms with Gasteiger partial charge in [0.25, 0.3) is 0 Å². The van der Waals surface area contributed by atoms with Gasteiger partial charge in [0.15, 0.2) is 0 Å². The van der Waals surface area contributed by atoms with E-state index in [9.17, 15) is 4.39 Å². The average Bonchev–Trinajstić information content (AvgIpc) is 2.39. The number of nitrogens with one attached hydrogen (secondary N) is 1. The van der Waals surface area contributed by atoms with Crippen molar-refractivity contribution in [1.82, 2.24) is 5.32 Å². The van der Waals surface area contributed by atoms with Crippen LogP contribution in [0.4, 0.5) is 10.1 Å². The van der Waals surface area contributed by atoms with Crippen molar-refractivity contribution in [3.63, 3.8) is 0 Å². The Labute approximate surface area is 108 Å². The summed E-state index contributed by atoms with van der Waals surface area (Å²) in [5, 5.41) is 12.1. The molecule has 1 aromatic rings. The summed E-state index contributed by atoms with van der Waals surface area (Å²) in [6.45, 7) is 2.73. The number of anilines is 1. The van der Waals surface area contributed by atoms with Gasteiger partial charge in [0.05, 0.1) is 6.07 Å². The fourth-order valence-corrected chi connectivity index (χ4v) is 1.73. The van der Waals surface area contributed by atoms with E-state index in [1.807, 2.05) is 14.0 Å². The van der Waals surface area contributed by atoms with Crippen molar-refractivity contribution in [3.05, 3.63) is 30.1 Å². The highest BCUT2D eigenvalue weighted by Crippen LogP contribution is 2.16. The normalized spacial score (nSPS) is 13.7. The van der Waals surface area contributed by atoms with E-state index < -0.39 is 5.54 Å². The van der Waals surface area contributed by atoms with Crippen LogP contribution in [0.25, 0.3) is 0 Å². The van der Waals surface area contributed by atoms with Gasteiger partial charge in [-0.3, -0.25) is 0 Å². The third-order valence-electron chi connectivity index (χ3n) is 3.24. The van der Waals surface area contributed by atoms with E-state index in [0.717, 1.165) is 25.1 Å². The SMILES string of the molecule is CNC(C)(C#N)CCCN(C)c1ccc(F)cc1. The third kappa shape index (κ3) is 4.01. The first-order valence-electron chi connectivity index (χ1n) is 6.07. The van der Waals surface area contributed by atoms with Gasteiger partial charge < -0.3 is 10.2 Å². The maximum atomic E-state index is 12.8. The highest BCUT2D eigenvalue weighted by atomic mass is 19.1. The second-order valence-electron chi connectivity index (χ2n) is 4.70. The van der Waals surface area contributed by atoms with Crippen molar-refractivity contribution in [1.29, 1.82) is 5.26 Å². The van der Waals surface area contributed by atoms with E-state index in [-0.39, 0.29) is 5.82 Å². The molecule has 0 bridgehead atoms. The predicted molar refractivity (Wildman–Crippen MR) is 72.0 cm³/mol. The Morgan fingerprint density at radius 3 is 2.50 bits per heavy atom. The molecule has 0 amide bonds. The summed E-state index contributed by atoms with van der Waals surface area (Å²) < 4.78 is 12.8. The summed E-state index contributed by atoms with van der Waals surface area (Å²) in [5.41, 5.74) is 0.517. The zero-order chi connectivity index (χ0) is 13.6. The summed E-state index contributed by atoms with van der Waals surface area (Å²) in [6, 6.07) is 8.71. The molecule has 1 N–H and O–H groups in total. The molecule has 0 aliphatic rings. The molecule has 0 radical (unpaired) electrons. The van der Waals surface area contributed by atoms with Crippen LogP contribution in [0.1, 0.15) is 19.8 Å². The van der Waals surface area contributed by atoms with Gasteiger partial charge in [-0.05, 0) is 51.1 Å². The molecule has 0 aliphatic heterocycles. The fourth-order valence-electron chi connectivity index (χ4n) is 1.73. The number of nitriles is 1. The Hall–Kier alpha value is -1.60. The topological polar surface area (TPSA) is 39.1 Å². The van der Waals surface area contributed by atoms with Crippen molar-refractivity contribution in [2.45, 2.75) is 25.3 Å². The number of benzene rings is 1. The van der Waals surface area contributed by atoms with E-state index in [1.54, 1.807) is 19.2 Å². The number of rotatable bonds is 6. The minimum Gasteiger partial charge on any atom is -0.375 e. The zero-order valence-electron chi connectivity index (χ0n) is 11.2. The number of hydrogen-bond donors (Lipinski definition) is 1. The molecule has 98 valence electrons. The zero-order valence-corrected chi connectivity index (χ0v) is 11.2. The third-order valence-corrected chi connectivity index (χ3v) is 3.24. The minimum absolute atomic E-state index is 0.223. The van der Waals surface area contributed by atoms with Gasteiger partial charge in [-0.2, -0.15) is 5.26 Å². The van der Waals surface area contributed by atoms with Crippen molar-refractivity contribution >= 4 is 5.69 Å². The summed E-state index contributed by atoms with van der Waals surface area (Å²) >= 11 is 0. The molecular weight excluding hydrogens is 229 g/mol. The molecule has 0 spiro atoms. The van der Waals surface area contributed by atoms with Gasteiger partial charge in [-0.15, -0.1) is 0 Å². The number of halogens is 1. The van der Waals surface area contributed by atoms with Gasteiger partial charge in [0.1, 0.15) is 11.4 Å². The molecular formula is C14H20FN3. The van der Waals surface area contributed by atoms with Crippen LogP contribution < -0.4 is 10.2 Å². The molecule has 0 aliphatic carbocycles. The Kier molecular flexibility index (Phi) is 5.11. The summed E-state index contributed by atoms with van der Waals surface area (Å²) in [4.78, 5) is 2.06. The van der Waals surface area contributed by atoms with Gasteiger partial charge >= 0.3 is 0 Å². The molecule has 0 fully saturated rings. The molecule has 0 heterocycles. The molecule has 4 heteroatoms. The average molecular weight is 249 g/mol. The van der Waals surface area contributed by atoms with Crippen molar-refractivity contribution in [2.75, 3.05) is 25.5 Å². The minimum atomic E-state index is -0.469. The Morgan fingerprint density at radius 1 is 1.39 bits per heavy atom. The van der Waals surface area contributed by atoms with Gasteiger partial charge in [-0.1, -0.05) is 0 Å². The van der Waals surface area contributed by atoms with Crippen LogP contribution in [0, 0.1) is 17.1 Å². The lowest BCUT2D eigenvalue weighted by Crippen LogP contribution is -2.38. The van der Waals surface area contributed by atoms with E-state index >= 15 is 0 Å². The second-order valence-corrected chi connectivity index (χ2v) is 4.70. The lowest BCUT2D eigenvalue weighted by Gasteiger charge is -2.24. The summed E-state index contributed by atoms with van der Waals surface area (Å²) in [5.74, 6) is -0.223. The van der Waals surface area contributed by atoms with Crippen LogP contribution in [-0.4, -0.2) is 26.2 Å². The van der Waals surface area contributed by atoms with E-state index in [2.05, 4.69) is 16.3 Å². The first-order valence-corrected chi connectivity index (χ1v) is 6.07. The lowest BCUT2D eigenvalue weighted by molar-refractivity contribution is 0.442. The van der Waals surface area contributed by atoms with E-state index in [0.29, 0.717) is 0 Å². The Balaban J connectivity index is 2.45. The molecule has 0 aromatic heterocycles. The first-order chi connectivity index (χ1) is 8.50. The molecule has 0 saturated heterocycles. The van der Waals surface area contributed by atoms with Crippen LogP contribution >= 0.6 is 0 Å². The molecule has 1 aromatic carbocycles. The van der Waals surface area contributed by atoms with Crippen LogP contribution in [0.2, 0.25) is 0 Å². The Morgan fingerprint density at radius 2 is 2.00 bits per heavy atom. The Bertz CT molecular complexity index is 410. The lowest BCUT2D eigenvalue weighted by atomic mass is 9.98. The van der Waals surface area contributed by atoms with Crippen molar-refractivity contribution < 1.29 is 4.39 Å². The van der Waals surface area contributed by atoms with Crippen LogP contribution in [-0.2, 0) is 0 Å². The molecule has 1 atom stereocenters. The standard InChI is InChI=1S/C14H20FN3/c1-14(11-16,17-2)9-4-10-18(3)13-7-5-12(15)6-8-13/h5-8,17H,4,9-10H2,1-3H3. The maximum absolute atomic E-state index is 12.8. The van der Waals surface area contributed by atoms with Crippen molar-refractivity contribution in [2.24, 2.45) is 0 Å². The molecule has 0 saturated carbocycles. The summed E-state index contributed by atoms with van der Waals surface area (Å²) in [7, 11) is 3.77. The monoisotopic (exact) mass is 249 g/mol. The van der Waals surface area contributed by atoms with Crippen LogP contribution in [0.15, 0.2) is 24.3 Å². The van der Waals surface area contributed by atoms with Crippen molar-refractivity contribution in [3.8, 4) is 6.07 Å². The van der Waals surface area contributed by atoms with E-state index in [1.165, 1.54) is 12.1 Å². The number of nitrogens with zero attached hydrogens (tertiary/aromatic N) is 2. The molecule has 18 heavy (non-hydrogen) atoms.